The first-order chi connectivity index (χ1) is 9.76. The van der Waals surface area contributed by atoms with Crippen LogP contribution in [0.5, 0.6) is 0 Å². The molecule has 1 fully saturated rings. The van der Waals surface area contributed by atoms with Crippen LogP contribution in [0.15, 0.2) is 11.6 Å². The Bertz CT molecular complexity index is 447. The smallest absolute Gasteiger partial charge is 0.407 e. The second-order valence-electron chi connectivity index (χ2n) is 7.10. The van der Waals surface area contributed by atoms with Gasteiger partial charge < -0.3 is 25.4 Å². The van der Waals surface area contributed by atoms with E-state index in [1.165, 1.54) is 0 Å². The third-order valence-corrected chi connectivity index (χ3v) is 6.17. The molecule has 120 valence electrons. The topological polar surface area (TPSA) is 99.0 Å². The summed E-state index contributed by atoms with van der Waals surface area (Å²) < 4.78 is 5.21. The average molecular weight is 315 g/mol. The van der Waals surface area contributed by atoms with Gasteiger partial charge in [0.05, 0.1) is 24.9 Å². The predicted molar refractivity (Wildman–Crippen MR) is 80.6 cm³/mol. The van der Waals surface area contributed by atoms with Gasteiger partial charge >= 0.3 is 6.09 Å². The minimum absolute atomic E-state index is 0.145. The molecule has 0 spiro atoms. The molecular weight excluding hydrogens is 290 g/mol. The molecule has 7 heteroatoms. The van der Waals surface area contributed by atoms with E-state index in [0.29, 0.717) is 12.2 Å². The van der Waals surface area contributed by atoms with E-state index >= 15 is 0 Å². The fourth-order valence-electron chi connectivity index (χ4n) is 3.25. The number of rotatable bonds is 6. The number of alkyl carbamates (subject to hydrolysis) is 1. The summed E-state index contributed by atoms with van der Waals surface area (Å²) in [6, 6.07) is 0.881. The van der Waals surface area contributed by atoms with Gasteiger partial charge in [-0.1, -0.05) is 25.7 Å². The van der Waals surface area contributed by atoms with Crippen LogP contribution in [-0.4, -0.2) is 61.0 Å². The second kappa shape index (κ2) is 5.72. The van der Waals surface area contributed by atoms with Crippen molar-refractivity contribution in [3.05, 3.63) is 11.6 Å². The molecule has 0 aromatic carbocycles. The lowest BCUT2D eigenvalue weighted by Gasteiger charge is -2.21. The summed E-state index contributed by atoms with van der Waals surface area (Å²) in [5.74, 6) is -0.529. The number of ether oxygens (including phenoxy) is 1. The fourth-order valence-corrected chi connectivity index (χ4v) is 3.96. The number of hydrogen-bond acceptors (Lipinski definition) is 5. The number of hydrogen-bond donors (Lipinski definition) is 4. The van der Waals surface area contributed by atoms with Crippen LogP contribution in [0.3, 0.4) is 0 Å². The largest absolute Gasteiger partial charge is 0.450 e. The highest BCUT2D eigenvalue weighted by Crippen LogP contribution is 2.60. The van der Waals surface area contributed by atoms with E-state index in [9.17, 15) is 20.1 Å². The van der Waals surface area contributed by atoms with E-state index in [2.05, 4.69) is 25.0 Å². The van der Waals surface area contributed by atoms with E-state index in [1.54, 1.807) is 6.08 Å². The predicted octanol–water partition coefficient (Wildman–Crippen LogP) is 0.321. The quantitative estimate of drug-likeness (QED) is 0.418. The first-order valence-corrected chi connectivity index (χ1v) is 11.0. The van der Waals surface area contributed by atoms with Crippen molar-refractivity contribution < 1.29 is 24.9 Å². The van der Waals surface area contributed by atoms with Gasteiger partial charge in [0.1, 0.15) is 0 Å². The van der Waals surface area contributed by atoms with Crippen molar-refractivity contribution in [2.24, 2.45) is 11.8 Å². The number of aliphatic hydroxyl groups excluding tert-OH is 3. The number of aliphatic hydroxyl groups is 3. The van der Waals surface area contributed by atoms with Crippen molar-refractivity contribution in [3.63, 3.8) is 0 Å². The molecule has 0 saturated heterocycles. The van der Waals surface area contributed by atoms with Crippen LogP contribution in [0.4, 0.5) is 4.79 Å². The van der Waals surface area contributed by atoms with Gasteiger partial charge in [0, 0.05) is 26.5 Å². The summed E-state index contributed by atoms with van der Waals surface area (Å²) in [7, 11) is -1.26. The van der Waals surface area contributed by atoms with Gasteiger partial charge in [0.15, 0.2) is 0 Å². The van der Waals surface area contributed by atoms with Crippen LogP contribution in [0.1, 0.15) is 0 Å². The molecule has 0 bridgehead atoms. The first-order valence-electron chi connectivity index (χ1n) is 7.32. The standard InChI is InChI=1S/C14H25NO5Si/c1-21(2,3)5-4-20-13(19)15-14-9(7-16)6-11(18)12(14)10(14)8-17/h6,10-12,16-18H,4-5,7-8H2,1-3H3,(H,15,19)/t10-,11-,12+,14-/m1/s1. The van der Waals surface area contributed by atoms with Gasteiger partial charge in [-0.3, -0.25) is 0 Å². The highest BCUT2D eigenvalue weighted by Gasteiger charge is 2.72. The van der Waals surface area contributed by atoms with E-state index < -0.39 is 25.8 Å². The Kier molecular flexibility index (Phi) is 4.48. The summed E-state index contributed by atoms with van der Waals surface area (Å²) in [4.78, 5) is 12.0. The van der Waals surface area contributed by atoms with Crippen LogP contribution in [0.25, 0.3) is 0 Å². The maximum Gasteiger partial charge on any atom is 0.407 e. The Labute approximate surface area is 125 Å². The van der Waals surface area contributed by atoms with Gasteiger partial charge in [-0.15, -0.1) is 0 Å². The van der Waals surface area contributed by atoms with Crippen LogP contribution < -0.4 is 5.32 Å². The highest BCUT2D eigenvalue weighted by molar-refractivity contribution is 6.76. The van der Waals surface area contributed by atoms with E-state index in [4.69, 9.17) is 4.74 Å². The zero-order valence-corrected chi connectivity index (χ0v) is 13.8. The summed E-state index contributed by atoms with van der Waals surface area (Å²) >= 11 is 0. The lowest BCUT2D eigenvalue weighted by Crippen LogP contribution is -2.42. The molecule has 0 aromatic rings. The monoisotopic (exact) mass is 315 g/mol. The summed E-state index contributed by atoms with van der Waals surface area (Å²) in [5, 5.41) is 31.5. The number of amides is 1. The Morgan fingerprint density at radius 1 is 1.43 bits per heavy atom. The van der Waals surface area contributed by atoms with Crippen molar-refractivity contribution in [2.75, 3.05) is 19.8 Å². The van der Waals surface area contributed by atoms with Crippen molar-refractivity contribution in [1.82, 2.24) is 5.32 Å². The van der Waals surface area contributed by atoms with Gasteiger partial charge in [-0.25, -0.2) is 4.79 Å². The lowest BCUT2D eigenvalue weighted by molar-refractivity contribution is 0.144. The molecule has 0 aliphatic heterocycles. The fraction of sp³-hybridized carbons (Fsp3) is 0.786. The van der Waals surface area contributed by atoms with Crippen LogP contribution in [0.2, 0.25) is 25.7 Å². The molecule has 6 nitrogen and oxygen atoms in total. The molecule has 0 unspecified atom stereocenters. The molecule has 1 saturated carbocycles. The second-order valence-corrected chi connectivity index (χ2v) is 12.7. The third kappa shape index (κ3) is 3.01. The van der Waals surface area contributed by atoms with Gasteiger partial charge in [-0.2, -0.15) is 0 Å². The number of carbonyl (C=O) groups excluding carboxylic acids is 1. The SMILES string of the molecule is C[Si](C)(C)CCOC(=O)N[C@@]12C(CO)=C[C@@H](O)[C@@H]1[C@H]2CO. The number of fused-ring (bicyclic) bond motifs is 1. The molecule has 1 amide bonds. The van der Waals surface area contributed by atoms with Gasteiger partial charge in [0.2, 0.25) is 0 Å². The molecule has 0 heterocycles. The minimum atomic E-state index is -1.26. The Balaban J connectivity index is 1.95. The van der Waals surface area contributed by atoms with Crippen LogP contribution in [0, 0.1) is 11.8 Å². The molecule has 21 heavy (non-hydrogen) atoms. The highest BCUT2D eigenvalue weighted by atomic mass is 28.3. The molecule has 0 aromatic heterocycles. The Hall–Kier alpha value is -0.893. The van der Waals surface area contributed by atoms with Crippen molar-refractivity contribution in [1.29, 1.82) is 0 Å². The molecule has 2 aliphatic carbocycles. The van der Waals surface area contributed by atoms with Crippen molar-refractivity contribution in [3.8, 4) is 0 Å². The summed E-state index contributed by atoms with van der Waals surface area (Å²) in [6.07, 6.45) is 0.258. The maximum atomic E-state index is 12.0. The zero-order chi connectivity index (χ0) is 15.8. The molecule has 2 rings (SSSR count). The van der Waals surface area contributed by atoms with Crippen LogP contribution >= 0.6 is 0 Å². The first kappa shape index (κ1) is 16.5. The summed E-state index contributed by atoms with van der Waals surface area (Å²) in [5.41, 5.74) is -0.278. The van der Waals surface area contributed by atoms with Gasteiger partial charge in [-0.05, 0) is 11.6 Å². The van der Waals surface area contributed by atoms with Gasteiger partial charge in [0.25, 0.3) is 0 Å². The van der Waals surface area contributed by atoms with E-state index in [0.717, 1.165) is 6.04 Å². The van der Waals surface area contributed by atoms with E-state index in [-0.39, 0.29) is 25.0 Å². The Morgan fingerprint density at radius 3 is 2.57 bits per heavy atom. The van der Waals surface area contributed by atoms with Crippen molar-refractivity contribution >= 4 is 14.2 Å². The normalized spacial score (nSPS) is 34.2. The molecule has 4 N–H and O–H groups in total. The summed E-state index contributed by atoms with van der Waals surface area (Å²) in [6.45, 7) is 6.57. The molecule has 2 aliphatic rings. The number of carbonyl (C=O) groups is 1. The van der Waals surface area contributed by atoms with E-state index in [1.807, 2.05) is 0 Å². The number of nitrogens with one attached hydrogen (secondary N) is 1. The Morgan fingerprint density at radius 2 is 2.10 bits per heavy atom. The molecular formula is C14H25NO5Si. The third-order valence-electron chi connectivity index (χ3n) is 4.47. The average Bonchev–Trinajstić information content (AvgIpc) is 2.93. The van der Waals surface area contributed by atoms with Crippen molar-refractivity contribution in [2.45, 2.75) is 37.3 Å². The maximum absolute atomic E-state index is 12.0. The molecule has 4 atom stereocenters. The van der Waals surface area contributed by atoms with Crippen LogP contribution in [-0.2, 0) is 4.74 Å². The zero-order valence-electron chi connectivity index (χ0n) is 12.8. The molecule has 0 radical (unpaired) electrons. The minimum Gasteiger partial charge on any atom is -0.450 e. The lowest BCUT2D eigenvalue weighted by atomic mass is 10.0.